The van der Waals surface area contributed by atoms with Gasteiger partial charge in [0.15, 0.2) is 6.29 Å². The van der Waals surface area contributed by atoms with Gasteiger partial charge in [0.1, 0.15) is 18.3 Å². The standard InChI is InChI=1S/C6H12O5.HO2S2/c1-3(8)5(10)6(11)4(9)2-7;1-4(2)3/h2-6,8-11H,1H3;(H,1,2,3)/q;-1. The lowest BCUT2D eigenvalue weighted by Gasteiger charge is -2.21. The summed E-state index contributed by atoms with van der Waals surface area (Å²) in [6.07, 6.45) is -5.88. The van der Waals surface area contributed by atoms with Gasteiger partial charge in [-0.05, 0) is 6.92 Å². The second kappa shape index (κ2) is 9.09. The Morgan fingerprint density at radius 2 is 1.53 bits per heavy atom. The van der Waals surface area contributed by atoms with Crippen LogP contribution >= 0.6 is 0 Å². The van der Waals surface area contributed by atoms with Gasteiger partial charge in [0.2, 0.25) is 0 Å². The van der Waals surface area contributed by atoms with Gasteiger partial charge in [-0.15, -0.1) is 0 Å². The first-order valence-corrected chi connectivity index (χ1v) is 5.73. The van der Waals surface area contributed by atoms with E-state index in [1.54, 1.807) is 0 Å². The Kier molecular flexibility index (Phi) is 10.5. The van der Waals surface area contributed by atoms with E-state index in [9.17, 15) is 4.79 Å². The first-order chi connectivity index (χ1) is 6.73. The molecule has 92 valence electrons. The van der Waals surface area contributed by atoms with Crippen LogP contribution in [0.5, 0.6) is 0 Å². The van der Waals surface area contributed by atoms with Crippen LogP contribution in [0.1, 0.15) is 6.92 Å². The third kappa shape index (κ3) is 10.1. The summed E-state index contributed by atoms with van der Waals surface area (Å²) >= 11 is 3.65. The molecule has 0 aromatic carbocycles. The predicted molar refractivity (Wildman–Crippen MR) is 53.8 cm³/mol. The van der Waals surface area contributed by atoms with Gasteiger partial charge in [-0.3, -0.25) is 0 Å². The fourth-order valence-electron chi connectivity index (χ4n) is 0.568. The lowest BCUT2D eigenvalue weighted by atomic mass is 10.1. The van der Waals surface area contributed by atoms with Gasteiger partial charge in [-0.2, -0.15) is 0 Å². The molecule has 0 aliphatic rings. The summed E-state index contributed by atoms with van der Waals surface area (Å²) in [5.41, 5.74) is 0. The minimum Gasteiger partial charge on any atom is -0.459 e. The molecular formula is C6H13O7S2-. The molecule has 9 heteroatoms. The van der Waals surface area contributed by atoms with Gasteiger partial charge < -0.3 is 34.0 Å². The Bertz CT molecular complexity index is 232. The molecule has 0 aromatic heterocycles. The molecule has 0 saturated heterocycles. The van der Waals surface area contributed by atoms with Crippen LogP contribution in [0.25, 0.3) is 0 Å². The summed E-state index contributed by atoms with van der Waals surface area (Å²) in [6, 6.07) is 0. The average Bonchev–Trinajstić information content (AvgIpc) is 2.13. The summed E-state index contributed by atoms with van der Waals surface area (Å²) < 4.78 is 16.3. The quantitative estimate of drug-likeness (QED) is 0.213. The molecule has 15 heavy (non-hydrogen) atoms. The monoisotopic (exact) mass is 261 g/mol. The maximum atomic E-state index is 9.87. The minimum atomic E-state index is -2.03. The number of hydrogen-bond donors (Lipinski definition) is 5. The van der Waals surface area contributed by atoms with Gasteiger partial charge in [-0.25, -0.2) is 11.2 Å². The lowest BCUT2D eigenvalue weighted by Crippen LogP contribution is -2.43. The summed E-state index contributed by atoms with van der Waals surface area (Å²) in [5.74, 6) is 0. The van der Waals surface area contributed by atoms with Crippen molar-refractivity contribution in [1.29, 1.82) is 0 Å². The third-order valence-electron chi connectivity index (χ3n) is 1.33. The zero-order chi connectivity index (χ0) is 12.6. The summed E-state index contributed by atoms with van der Waals surface area (Å²) in [4.78, 5) is 9.87. The van der Waals surface area contributed by atoms with Gasteiger partial charge >= 0.3 is 0 Å². The fraction of sp³-hybridized carbons (Fsp3) is 0.833. The number of aldehydes is 1. The van der Waals surface area contributed by atoms with E-state index < -0.39 is 34.1 Å². The molecule has 4 unspecified atom stereocenters. The first-order valence-electron chi connectivity index (χ1n) is 3.70. The number of aliphatic hydroxyl groups is 4. The van der Waals surface area contributed by atoms with Gasteiger partial charge in [0, 0.05) is 0 Å². The Hall–Kier alpha value is -0.160. The zero-order valence-electron chi connectivity index (χ0n) is 7.76. The molecular weight excluding hydrogens is 248 g/mol. The van der Waals surface area contributed by atoms with Crippen molar-refractivity contribution in [1.82, 2.24) is 0 Å². The molecule has 0 amide bonds. The highest BCUT2D eigenvalue weighted by molar-refractivity contribution is 8.18. The average molecular weight is 261 g/mol. The first kappa shape index (κ1) is 17.2. The summed E-state index contributed by atoms with van der Waals surface area (Å²) in [6.45, 7) is 1.24. The SMILES string of the molecule is CC(O)C(O)C(O)C(O)C=O.O=[S-](O)=S. The minimum absolute atomic E-state index is 0.0935. The van der Waals surface area contributed by atoms with E-state index in [4.69, 9.17) is 29.2 Å². The molecule has 0 rings (SSSR count). The molecule has 0 radical (unpaired) electrons. The van der Waals surface area contributed by atoms with E-state index in [2.05, 4.69) is 11.2 Å². The third-order valence-corrected chi connectivity index (χ3v) is 1.33. The van der Waals surface area contributed by atoms with E-state index in [1.807, 2.05) is 0 Å². The molecule has 0 aliphatic carbocycles. The number of aliphatic hydroxyl groups excluding tert-OH is 4. The molecule has 5 N–H and O–H groups in total. The van der Waals surface area contributed by atoms with Gasteiger partial charge in [0.05, 0.1) is 6.10 Å². The molecule has 4 atom stereocenters. The van der Waals surface area contributed by atoms with Crippen molar-refractivity contribution >= 4 is 27.1 Å². The van der Waals surface area contributed by atoms with Crippen LogP contribution in [-0.2, 0) is 29.8 Å². The Morgan fingerprint density at radius 3 is 1.73 bits per heavy atom. The van der Waals surface area contributed by atoms with E-state index in [1.165, 1.54) is 6.92 Å². The largest absolute Gasteiger partial charge is 0.459 e. The molecule has 0 saturated carbocycles. The maximum Gasteiger partial charge on any atom is 0.151 e. The van der Waals surface area contributed by atoms with Crippen molar-refractivity contribution in [2.24, 2.45) is 0 Å². The number of hydrogen-bond acceptors (Lipinski definition) is 8. The van der Waals surface area contributed by atoms with Crippen molar-refractivity contribution in [3.8, 4) is 0 Å². The summed E-state index contributed by atoms with van der Waals surface area (Å²) in [7, 11) is -2.03. The van der Waals surface area contributed by atoms with E-state index in [0.717, 1.165) is 0 Å². The van der Waals surface area contributed by atoms with E-state index >= 15 is 0 Å². The van der Waals surface area contributed by atoms with Crippen LogP contribution in [-0.4, -0.2) is 55.7 Å². The molecule has 0 spiro atoms. The highest BCUT2D eigenvalue weighted by atomic mass is 32.8. The van der Waals surface area contributed by atoms with Crippen LogP contribution in [0.4, 0.5) is 0 Å². The van der Waals surface area contributed by atoms with Crippen molar-refractivity contribution < 1.29 is 34.0 Å². The number of carbonyl (C=O) groups is 1. The van der Waals surface area contributed by atoms with E-state index in [-0.39, 0.29) is 6.29 Å². The zero-order valence-corrected chi connectivity index (χ0v) is 9.39. The maximum absolute atomic E-state index is 9.87. The van der Waals surface area contributed by atoms with Crippen LogP contribution < -0.4 is 0 Å². The highest BCUT2D eigenvalue weighted by Gasteiger charge is 2.27. The molecule has 0 aliphatic heterocycles. The van der Waals surface area contributed by atoms with E-state index in [0.29, 0.717) is 0 Å². The molecule has 7 nitrogen and oxygen atoms in total. The molecule has 0 fully saturated rings. The fourth-order valence-corrected chi connectivity index (χ4v) is 0.568. The molecule has 0 heterocycles. The second-order valence-corrected chi connectivity index (χ2v) is 3.86. The van der Waals surface area contributed by atoms with Crippen LogP contribution in [0.2, 0.25) is 0 Å². The van der Waals surface area contributed by atoms with Crippen molar-refractivity contribution in [2.45, 2.75) is 31.3 Å². The topological polar surface area (TPSA) is 135 Å². The second-order valence-electron chi connectivity index (χ2n) is 2.57. The van der Waals surface area contributed by atoms with Crippen molar-refractivity contribution in [3.63, 3.8) is 0 Å². The normalized spacial score (nSPS) is 18.3. The van der Waals surface area contributed by atoms with Crippen molar-refractivity contribution in [2.75, 3.05) is 0 Å². The lowest BCUT2D eigenvalue weighted by molar-refractivity contribution is -0.132. The highest BCUT2D eigenvalue weighted by Crippen LogP contribution is 2.02. The number of carbonyl (C=O) groups excluding carboxylic acids is 1. The number of rotatable bonds is 4. The van der Waals surface area contributed by atoms with Crippen LogP contribution in [0.3, 0.4) is 0 Å². The smallest absolute Gasteiger partial charge is 0.151 e. The van der Waals surface area contributed by atoms with Crippen LogP contribution in [0.15, 0.2) is 0 Å². The van der Waals surface area contributed by atoms with Gasteiger partial charge in [0.25, 0.3) is 0 Å². The van der Waals surface area contributed by atoms with Gasteiger partial charge in [-0.1, -0.05) is 9.64 Å². The predicted octanol–water partition coefficient (Wildman–Crippen LogP) is -2.47. The molecule has 0 bridgehead atoms. The Balaban J connectivity index is 0. The van der Waals surface area contributed by atoms with Crippen LogP contribution in [0, 0.1) is 0 Å². The Morgan fingerprint density at radius 1 is 1.20 bits per heavy atom. The Labute approximate surface area is 92.9 Å². The van der Waals surface area contributed by atoms with Crippen molar-refractivity contribution in [3.05, 3.63) is 0 Å². The molecule has 0 aromatic rings. The summed E-state index contributed by atoms with van der Waals surface area (Å²) in [5, 5.41) is 35.1.